The van der Waals surface area contributed by atoms with Gasteiger partial charge in [-0.2, -0.15) is 5.10 Å². The van der Waals surface area contributed by atoms with Gasteiger partial charge in [0.15, 0.2) is 0 Å². The van der Waals surface area contributed by atoms with Gasteiger partial charge in [0.25, 0.3) is 5.91 Å². The van der Waals surface area contributed by atoms with Crippen molar-refractivity contribution in [2.45, 2.75) is 6.10 Å². The largest absolute Gasteiger partial charge is 0.489 e. The minimum Gasteiger partial charge on any atom is -0.489 e. The molecule has 0 saturated carbocycles. The molecule has 2 N–H and O–H groups in total. The van der Waals surface area contributed by atoms with E-state index in [0.717, 1.165) is 5.69 Å². The Hall–Kier alpha value is -2.54. The van der Waals surface area contributed by atoms with Gasteiger partial charge in [-0.25, -0.2) is 4.68 Å². The molecule has 0 radical (unpaired) electrons. The number of aromatic nitrogens is 2. The van der Waals surface area contributed by atoms with Gasteiger partial charge < -0.3 is 15.2 Å². The van der Waals surface area contributed by atoms with Crippen LogP contribution in [-0.4, -0.2) is 40.0 Å². The first-order valence-corrected chi connectivity index (χ1v) is 8.93. The highest BCUT2D eigenvalue weighted by Gasteiger charge is 2.13. The van der Waals surface area contributed by atoms with Gasteiger partial charge in [-0.05, 0) is 24.3 Å². The Kier molecular flexibility index (Phi) is 6.34. The number of carbonyl (C=O) groups is 1. The fourth-order valence-corrected chi connectivity index (χ4v) is 2.66. The first-order valence-electron chi connectivity index (χ1n) is 8.18. The van der Waals surface area contributed by atoms with E-state index < -0.39 is 6.10 Å². The van der Waals surface area contributed by atoms with E-state index in [1.807, 2.05) is 30.3 Å². The van der Waals surface area contributed by atoms with E-state index in [1.54, 1.807) is 29.1 Å². The molecule has 140 valence electrons. The summed E-state index contributed by atoms with van der Waals surface area (Å²) in [6.07, 6.45) is 2.18. The van der Waals surface area contributed by atoms with E-state index in [9.17, 15) is 9.90 Å². The molecule has 8 heteroatoms. The molecular weight excluding hydrogens is 389 g/mol. The molecular formula is C19H17Cl2N3O3. The van der Waals surface area contributed by atoms with Crippen LogP contribution in [-0.2, 0) is 0 Å². The van der Waals surface area contributed by atoms with Gasteiger partial charge in [0.1, 0.15) is 23.5 Å². The predicted octanol–water partition coefficient (Wildman–Crippen LogP) is 3.35. The molecule has 1 amide bonds. The fourth-order valence-electron chi connectivity index (χ4n) is 2.31. The first-order chi connectivity index (χ1) is 13.0. The van der Waals surface area contributed by atoms with E-state index in [1.165, 1.54) is 6.20 Å². The monoisotopic (exact) mass is 405 g/mol. The molecule has 2 aromatic carbocycles. The lowest BCUT2D eigenvalue weighted by atomic mass is 10.3. The Morgan fingerprint density at radius 1 is 1.19 bits per heavy atom. The van der Waals surface area contributed by atoms with Crippen molar-refractivity contribution in [2.24, 2.45) is 0 Å². The summed E-state index contributed by atoms with van der Waals surface area (Å²) in [6.45, 7) is -0.0167. The van der Waals surface area contributed by atoms with Crippen LogP contribution in [0.3, 0.4) is 0 Å². The minimum atomic E-state index is -0.909. The molecule has 1 unspecified atom stereocenters. The summed E-state index contributed by atoms with van der Waals surface area (Å²) in [4.78, 5) is 12.2. The average molecular weight is 406 g/mol. The normalized spacial score (nSPS) is 11.8. The zero-order valence-electron chi connectivity index (χ0n) is 14.2. The average Bonchev–Trinajstić information content (AvgIpc) is 3.18. The molecule has 3 aromatic rings. The van der Waals surface area contributed by atoms with Gasteiger partial charge >= 0.3 is 0 Å². The third-order valence-electron chi connectivity index (χ3n) is 3.71. The summed E-state index contributed by atoms with van der Waals surface area (Å²) in [5, 5.41) is 17.5. The predicted molar refractivity (Wildman–Crippen MR) is 104 cm³/mol. The fraction of sp³-hybridized carbons (Fsp3) is 0.158. The van der Waals surface area contributed by atoms with E-state index in [2.05, 4.69) is 10.4 Å². The van der Waals surface area contributed by atoms with Crippen molar-refractivity contribution < 1.29 is 14.6 Å². The summed E-state index contributed by atoms with van der Waals surface area (Å²) < 4.78 is 7.05. The Balaban J connectivity index is 1.50. The lowest BCUT2D eigenvalue weighted by Crippen LogP contribution is -2.35. The number of rotatable bonds is 7. The number of para-hydroxylation sites is 1. The Morgan fingerprint density at radius 2 is 1.96 bits per heavy atom. The van der Waals surface area contributed by atoms with Gasteiger partial charge in [0, 0.05) is 12.7 Å². The highest BCUT2D eigenvalue weighted by atomic mass is 35.5. The number of ether oxygens (including phenoxy) is 1. The third kappa shape index (κ3) is 5.01. The van der Waals surface area contributed by atoms with Crippen LogP contribution in [0.15, 0.2) is 60.9 Å². The van der Waals surface area contributed by atoms with Crippen molar-refractivity contribution in [3.63, 3.8) is 0 Å². The molecule has 0 spiro atoms. The number of carbonyl (C=O) groups excluding carboxylic acids is 1. The SMILES string of the molecule is O=C(NCC(O)COc1cccc(Cl)c1Cl)c1cnn(-c2ccccc2)c1. The molecule has 0 saturated heterocycles. The van der Waals surface area contributed by atoms with Gasteiger partial charge in [0.2, 0.25) is 0 Å². The lowest BCUT2D eigenvalue weighted by molar-refractivity contribution is 0.0844. The molecule has 0 fully saturated rings. The molecule has 1 aromatic heterocycles. The number of aliphatic hydroxyl groups excluding tert-OH is 1. The quantitative estimate of drug-likeness (QED) is 0.631. The minimum absolute atomic E-state index is 0.0214. The van der Waals surface area contributed by atoms with Crippen molar-refractivity contribution in [3.05, 3.63) is 76.5 Å². The van der Waals surface area contributed by atoms with Crippen LogP contribution >= 0.6 is 23.2 Å². The molecule has 27 heavy (non-hydrogen) atoms. The number of hydrogen-bond donors (Lipinski definition) is 2. The van der Waals surface area contributed by atoms with Crippen LogP contribution in [0.1, 0.15) is 10.4 Å². The van der Waals surface area contributed by atoms with Crippen molar-refractivity contribution in [1.29, 1.82) is 0 Å². The molecule has 3 rings (SSSR count). The van der Waals surface area contributed by atoms with Crippen molar-refractivity contribution in [1.82, 2.24) is 15.1 Å². The zero-order chi connectivity index (χ0) is 19.2. The molecule has 1 atom stereocenters. The van der Waals surface area contributed by atoms with Gasteiger partial charge in [0.05, 0.1) is 22.5 Å². The number of nitrogens with zero attached hydrogens (tertiary/aromatic N) is 2. The number of benzene rings is 2. The summed E-state index contributed by atoms with van der Waals surface area (Å²) in [6, 6.07) is 14.4. The second-order valence-corrected chi connectivity index (χ2v) is 6.52. The topological polar surface area (TPSA) is 76.4 Å². The second kappa shape index (κ2) is 8.90. The number of amides is 1. The van der Waals surface area contributed by atoms with Crippen LogP contribution in [0.25, 0.3) is 5.69 Å². The van der Waals surface area contributed by atoms with E-state index in [-0.39, 0.29) is 24.1 Å². The lowest BCUT2D eigenvalue weighted by Gasteiger charge is -2.14. The summed E-state index contributed by atoms with van der Waals surface area (Å²) in [7, 11) is 0. The third-order valence-corrected chi connectivity index (χ3v) is 4.51. The van der Waals surface area contributed by atoms with Crippen LogP contribution in [0.5, 0.6) is 5.75 Å². The Morgan fingerprint density at radius 3 is 2.74 bits per heavy atom. The van der Waals surface area contributed by atoms with Crippen LogP contribution in [0.4, 0.5) is 0 Å². The zero-order valence-corrected chi connectivity index (χ0v) is 15.7. The molecule has 1 heterocycles. The van der Waals surface area contributed by atoms with Crippen molar-refractivity contribution >= 4 is 29.1 Å². The molecule has 0 bridgehead atoms. The van der Waals surface area contributed by atoms with E-state index in [0.29, 0.717) is 16.3 Å². The number of nitrogens with one attached hydrogen (secondary N) is 1. The number of hydrogen-bond acceptors (Lipinski definition) is 4. The summed E-state index contributed by atoms with van der Waals surface area (Å²) in [5.74, 6) is 0.0377. The van der Waals surface area contributed by atoms with Crippen molar-refractivity contribution in [3.8, 4) is 11.4 Å². The Labute approximate surface area is 166 Å². The Bertz CT molecular complexity index is 916. The molecule has 6 nitrogen and oxygen atoms in total. The van der Waals surface area contributed by atoms with E-state index >= 15 is 0 Å². The van der Waals surface area contributed by atoms with Crippen LogP contribution < -0.4 is 10.1 Å². The molecule has 0 aliphatic heterocycles. The standard InChI is InChI=1S/C19H17Cl2N3O3/c20-16-7-4-8-17(18(16)21)27-12-15(25)10-22-19(26)13-9-23-24(11-13)14-5-2-1-3-6-14/h1-9,11,15,25H,10,12H2,(H,22,26). The van der Waals surface area contributed by atoms with Gasteiger partial charge in [-0.1, -0.05) is 47.5 Å². The first kappa shape index (κ1) is 19.2. The van der Waals surface area contributed by atoms with E-state index in [4.69, 9.17) is 27.9 Å². The highest BCUT2D eigenvalue weighted by Crippen LogP contribution is 2.31. The molecule has 0 aliphatic carbocycles. The maximum absolute atomic E-state index is 12.2. The summed E-state index contributed by atoms with van der Waals surface area (Å²) >= 11 is 11.9. The number of halogens is 2. The number of aliphatic hydroxyl groups is 1. The smallest absolute Gasteiger partial charge is 0.254 e. The van der Waals surface area contributed by atoms with Gasteiger partial charge in [-0.3, -0.25) is 4.79 Å². The van der Waals surface area contributed by atoms with Crippen LogP contribution in [0, 0.1) is 0 Å². The van der Waals surface area contributed by atoms with Crippen LogP contribution in [0.2, 0.25) is 10.0 Å². The maximum atomic E-state index is 12.2. The van der Waals surface area contributed by atoms with Crippen molar-refractivity contribution in [2.75, 3.05) is 13.2 Å². The molecule has 0 aliphatic rings. The second-order valence-electron chi connectivity index (χ2n) is 5.74. The summed E-state index contributed by atoms with van der Waals surface area (Å²) in [5.41, 5.74) is 1.24. The van der Waals surface area contributed by atoms with Gasteiger partial charge in [-0.15, -0.1) is 0 Å². The highest BCUT2D eigenvalue weighted by molar-refractivity contribution is 6.42. The maximum Gasteiger partial charge on any atom is 0.254 e.